The number of benzene rings is 3. The van der Waals surface area contributed by atoms with E-state index in [0.29, 0.717) is 34.3 Å². The van der Waals surface area contributed by atoms with Gasteiger partial charge >= 0.3 is 11.9 Å². The SMILES string of the molecule is CCOc1cc(-c2nn(-c3ccccc3)c(C(=O)OC)c2C(=O)OC)ccc1OCC(=O)Nc1ccccc1Cl. The fraction of sp³-hybridized carbons (Fsp3) is 0.172. The highest BCUT2D eigenvalue weighted by atomic mass is 35.5. The molecule has 1 N–H and O–H groups in total. The summed E-state index contributed by atoms with van der Waals surface area (Å²) in [5.41, 5.74) is 1.44. The smallest absolute Gasteiger partial charge is 0.357 e. The van der Waals surface area contributed by atoms with Crippen molar-refractivity contribution in [3.8, 4) is 28.4 Å². The van der Waals surface area contributed by atoms with Gasteiger partial charge in [0.2, 0.25) is 0 Å². The topological polar surface area (TPSA) is 118 Å². The van der Waals surface area contributed by atoms with E-state index in [1.807, 2.05) is 6.07 Å². The Kier molecular flexibility index (Phi) is 9.03. The summed E-state index contributed by atoms with van der Waals surface area (Å²) in [4.78, 5) is 38.2. The molecule has 0 aliphatic rings. The third kappa shape index (κ3) is 6.08. The standard InChI is InChI=1S/C29H26ClN3O7/c1-4-39-23-16-18(14-15-22(23)40-17-24(34)31-21-13-9-8-12-20(21)30)26-25(28(35)37-2)27(29(36)38-3)33(32-26)19-10-6-5-7-11-19/h5-16H,4,17H2,1-3H3,(H,31,34). The molecule has 11 heteroatoms. The van der Waals surface area contributed by atoms with Crippen LogP contribution < -0.4 is 14.8 Å². The van der Waals surface area contributed by atoms with Crippen molar-refractivity contribution in [2.24, 2.45) is 0 Å². The van der Waals surface area contributed by atoms with Crippen molar-refractivity contribution in [3.63, 3.8) is 0 Å². The summed E-state index contributed by atoms with van der Waals surface area (Å²) in [6.45, 7) is 1.77. The summed E-state index contributed by atoms with van der Waals surface area (Å²) in [6.07, 6.45) is 0. The van der Waals surface area contributed by atoms with Crippen LogP contribution in [0.25, 0.3) is 16.9 Å². The van der Waals surface area contributed by atoms with Crippen LogP contribution in [0.1, 0.15) is 27.8 Å². The van der Waals surface area contributed by atoms with Gasteiger partial charge in [0.05, 0.1) is 37.2 Å². The van der Waals surface area contributed by atoms with Gasteiger partial charge in [0.15, 0.2) is 23.8 Å². The highest BCUT2D eigenvalue weighted by Crippen LogP contribution is 2.36. The van der Waals surface area contributed by atoms with Crippen LogP contribution in [0.4, 0.5) is 5.69 Å². The number of rotatable bonds is 10. The van der Waals surface area contributed by atoms with E-state index >= 15 is 0 Å². The van der Waals surface area contributed by atoms with Crippen molar-refractivity contribution in [2.75, 3.05) is 32.8 Å². The third-order valence-electron chi connectivity index (χ3n) is 5.68. The van der Waals surface area contributed by atoms with Crippen LogP contribution in [-0.2, 0) is 14.3 Å². The van der Waals surface area contributed by atoms with Crippen molar-refractivity contribution in [2.45, 2.75) is 6.92 Å². The van der Waals surface area contributed by atoms with E-state index in [1.165, 1.54) is 18.9 Å². The number of hydrogen-bond donors (Lipinski definition) is 1. The molecule has 3 aromatic carbocycles. The Morgan fingerprint density at radius 2 is 1.57 bits per heavy atom. The molecule has 1 amide bonds. The van der Waals surface area contributed by atoms with Crippen molar-refractivity contribution in [1.29, 1.82) is 0 Å². The number of methoxy groups -OCH3 is 2. The molecule has 206 valence electrons. The highest BCUT2D eigenvalue weighted by molar-refractivity contribution is 6.33. The second kappa shape index (κ2) is 12.8. The number of anilines is 1. The van der Waals surface area contributed by atoms with Gasteiger partial charge in [-0.2, -0.15) is 5.10 Å². The molecule has 0 atom stereocenters. The van der Waals surface area contributed by atoms with Gasteiger partial charge in [-0.1, -0.05) is 41.9 Å². The predicted molar refractivity (Wildman–Crippen MR) is 148 cm³/mol. The Morgan fingerprint density at radius 3 is 2.25 bits per heavy atom. The molecule has 0 saturated carbocycles. The Hall–Kier alpha value is -4.83. The van der Waals surface area contributed by atoms with E-state index in [0.717, 1.165) is 0 Å². The molecule has 0 bridgehead atoms. The van der Waals surface area contributed by atoms with Crippen molar-refractivity contribution in [3.05, 3.63) is 89.1 Å². The maximum absolute atomic E-state index is 12.9. The maximum atomic E-state index is 12.9. The second-order valence-electron chi connectivity index (χ2n) is 8.21. The van der Waals surface area contributed by atoms with Gasteiger partial charge in [-0.3, -0.25) is 4.79 Å². The van der Waals surface area contributed by atoms with Crippen LogP contribution in [-0.4, -0.2) is 55.1 Å². The van der Waals surface area contributed by atoms with Crippen LogP contribution in [0.15, 0.2) is 72.8 Å². The molecule has 40 heavy (non-hydrogen) atoms. The first kappa shape index (κ1) is 28.2. The van der Waals surface area contributed by atoms with E-state index in [-0.39, 0.29) is 29.3 Å². The molecule has 0 radical (unpaired) electrons. The van der Waals surface area contributed by atoms with Gasteiger partial charge in [-0.05, 0) is 49.4 Å². The minimum atomic E-state index is -0.771. The summed E-state index contributed by atoms with van der Waals surface area (Å²) in [6, 6.07) is 20.5. The van der Waals surface area contributed by atoms with E-state index in [1.54, 1.807) is 73.7 Å². The molecule has 0 fully saturated rings. The lowest BCUT2D eigenvalue weighted by molar-refractivity contribution is -0.118. The van der Waals surface area contributed by atoms with E-state index in [9.17, 15) is 14.4 Å². The monoisotopic (exact) mass is 563 g/mol. The number of esters is 2. The van der Waals surface area contributed by atoms with Crippen molar-refractivity contribution < 1.29 is 33.3 Å². The molecule has 1 aromatic heterocycles. The van der Waals surface area contributed by atoms with Crippen molar-refractivity contribution in [1.82, 2.24) is 9.78 Å². The zero-order valence-electron chi connectivity index (χ0n) is 22.0. The van der Waals surface area contributed by atoms with Crippen LogP contribution in [0, 0.1) is 0 Å². The number of ether oxygens (including phenoxy) is 4. The molecule has 0 aliphatic heterocycles. The van der Waals surface area contributed by atoms with Crippen LogP contribution in [0.3, 0.4) is 0 Å². The van der Waals surface area contributed by atoms with Gasteiger partial charge in [0, 0.05) is 5.56 Å². The van der Waals surface area contributed by atoms with Gasteiger partial charge in [0.1, 0.15) is 11.3 Å². The number of carbonyl (C=O) groups excluding carboxylic acids is 3. The first-order valence-electron chi connectivity index (χ1n) is 12.2. The fourth-order valence-corrected chi connectivity index (χ4v) is 4.07. The first-order chi connectivity index (χ1) is 19.4. The molecule has 0 saturated heterocycles. The zero-order valence-corrected chi connectivity index (χ0v) is 22.7. The van der Waals surface area contributed by atoms with Crippen LogP contribution in [0.5, 0.6) is 11.5 Å². The number of nitrogens with zero attached hydrogens (tertiary/aromatic N) is 2. The fourth-order valence-electron chi connectivity index (χ4n) is 3.89. The number of amides is 1. The quantitative estimate of drug-likeness (QED) is 0.262. The molecule has 10 nitrogen and oxygen atoms in total. The average Bonchev–Trinajstić information content (AvgIpc) is 3.38. The lowest BCUT2D eigenvalue weighted by atomic mass is 10.0. The number of aromatic nitrogens is 2. The average molecular weight is 564 g/mol. The molecule has 0 aliphatic carbocycles. The molecule has 4 rings (SSSR count). The third-order valence-corrected chi connectivity index (χ3v) is 6.01. The number of hydrogen-bond acceptors (Lipinski definition) is 8. The molecule has 1 heterocycles. The van der Waals surface area contributed by atoms with E-state index < -0.39 is 17.8 Å². The summed E-state index contributed by atoms with van der Waals surface area (Å²) in [5.74, 6) is -1.37. The summed E-state index contributed by atoms with van der Waals surface area (Å²) in [7, 11) is 2.43. The van der Waals surface area contributed by atoms with E-state index in [4.69, 9.17) is 30.5 Å². The largest absolute Gasteiger partial charge is 0.490 e. The predicted octanol–water partition coefficient (Wildman–Crippen LogP) is 5.18. The van der Waals surface area contributed by atoms with Crippen LogP contribution >= 0.6 is 11.6 Å². The van der Waals surface area contributed by atoms with Gasteiger partial charge in [0.25, 0.3) is 5.91 Å². The minimum Gasteiger partial charge on any atom is -0.490 e. The molecule has 0 spiro atoms. The number of para-hydroxylation sites is 2. The first-order valence-corrected chi connectivity index (χ1v) is 12.5. The highest BCUT2D eigenvalue weighted by Gasteiger charge is 2.31. The number of carbonyl (C=O) groups is 3. The number of nitrogens with one attached hydrogen (secondary N) is 1. The normalized spacial score (nSPS) is 10.5. The zero-order chi connectivity index (χ0) is 28.6. The van der Waals surface area contributed by atoms with Crippen LogP contribution in [0.2, 0.25) is 5.02 Å². The summed E-state index contributed by atoms with van der Waals surface area (Å²) < 4.78 is 22.8. The Balaban J connectivity index is 1.71. The Morgan fingerprint density at radius 1 is 0.875 bits per heavy atom. The number of halogens is 1. The lowest BCUT2D eigenvalue weighted by Gasteiger charge is -2.13. The van der Waals surface area contributed by atoms with Gasteiger partial charge in [-0.15, -0.1) is 0 Å². The molecule has 4 aromatic rings. The Bertz CT molecular complexity index is 1540. The lowest BCUT2D eigenvalue weighted by Crippen LogP contribution is -2.20. The van der Waals surface area contributed by atoms with Crippen molar-refractivity contribution >= 4 is 35.1 Å². The summed E-state index contributed by atoms with van der Waals surface area (Å²) >= 11 is 6.11. The maximum Gasteiger partial charge on any atom is 0.357 e. The Labute approximate surface area is 235 Å². The molecule has 0 unspecified atom stereocenters. The molecular weight excluding hydrogens is 538 g/mol. The van der Waals surface area contributed by atoms with E-state index in [2.05, 4.69) is 10.4 Å². The van der Waals surface area contributed by atoms with Gasteiger partial charge < -0.3 is 24.3 Å². The van der Waals surface area contributed by atoms with Gasteiger partial charge in [-0.25, -0.2) is 14.3 Å². The minimum absolute atomic E-state index is 0.0755. The second-order valence-corrected chi connectivity index (χ2v) is 8.62. The summed E-state index contributed by atoms with van der Waals surface area (Å²) in [5, 5.41) is 7.68. The molecular formula is C29H26ClN3O7.